The van der Waals surface area contributed by atoms with E-state index in [4.69, 9.17) is 0 Å². The molecule has 14 heavy (non-hydrogen) atoms. The second-order valence-electron chi connectivity index (χ2n) is 5.03. The summed E-state index contributed by atoms with van der Waals surface area (Å²) in [7, 11) is 0. The van der Waals surface area contributed by atoms with Crippen LogP contribution in [0.15, 0.2) is 0 Å². The van der Waals surface area contributed by atoms with Crippen molar-refractivity contribution in [1.82, 2.24) is 10.2 Å². The predicted octanol–water partition coefficient (Wildman–Crippen LogP) is 1.72. The molecule has 2 aliphatic rings. The van der Waals surface area contributed by atoms with E-state index in [0.29, 0.717) is 0 Å². The zero-order chi connectivity index (χ0) is 9.80. The van der Waals surface area contributed by atoms with Gasteiger partial charge in [-0.05, 0) is 44.2 Å². The van der Waals surface area contributed by atoms with Crippen LogP contribution in [0.25, 0.3) is 0 Å². The van der Waals surface area contributed by atoms with Gasteiger partial charge in [-0.15, -0.1) is 0 Å². The first-order chi connectivity index (χ1) is 6.88. The summed E-state index contributed by atoms with van der Waals surface area (Å²) < 4.78 is 0. The lowest BCUT2D eigenvalue weighted by Crippen LogP contribution is -2.48. The molecule has 2 heterocycles. The molecule has 2 aliphatic heterocycles. The fraction of sp³-hybridized carbons (Fsp3) is 1.00. The molecule has 0 aliphatic carbocycles. The molecule has 0 radical (unpaired) electrons. The lowest BCUT2D eigenvalue weighted by molar-refractivity contribution is 0.196. The molecule has 0 amide bonds. The minimum atomic E-state index is 0.952. The Morgan fingerprint density at radius 2 is 2.00 bits per heavy atom. The van der Waals surface area contributed by atoms with E-state index in [1.165, 1.54) is 58.4 Å². The van der Waals surface area contributed by atoms with Gasteiger partial charge in [0.1, 0.15) is 0 Å². The summed E-state index contributed by atoms with van der Waals surface area (Å²) in [6, 6.07) is 0. The van der Waals surface area contributed by atoms with E-state index < -0.39 is 0 Å². The van der Waals surface area contributed by atoms with E-state index in [9.17, 15) is 0 Å². The zero-order valence-corrected chi connectivity index (χ0v) is 9.47. The van der Waals surface area contributed by atoms with Crippen LogP contribution >= 0.6 is 0 Å². The maximum Gasteiger partial charge on any atom is 0.00340 e. The van der Waals surface area contributed by atoms with Crippen LogP contribution in [-0.4, -0.2) is 37.6 Å². The Bertz CT molecular complexity index is 166. The maximum atomic E-state index is 3.36. The number of hydrogen-bond acceptors (Lipinski definition) is 2. The van der Waals surface area contributed by atoms with E-state index >= 15 is 0 Å². The first-order valence-corrected chi connectivity index (χ1v) is 6.31. The van der Waals surface area contributed by atoms with Crippen molar-refractivity contribution in [1.29, 1.82) is 0 Å². The van der Waals surface area contributed by atoms with Crippen molar-refractivity contribution >= 4 is 0 Å². The summed E-state index contributed by atoms with van der Waals surface area (Å²) in [4.78, 5) is 2.70. The molecule has 1 N–H and O–H groups in total. The average molecular weight is 196 g/mol. The topological polar surface area (TPSA) is 15.3 Å². The minimum absolute atomic E-state index is 0.952. The van der Waals surface area contributed by atoms with Gasteiger partial charge in [0, 0.05) is 19.6 Å². The molecule has 0 spiro atoms. The Kier molecular flexibility index (Phi) is 3.82. The molecule has 2 nitrogen and oxygen atoms in total. The van der Waals surface area contributed by atoms with Gasteiger partial charge in [0.05, 0.1) is 0 Å². The van der Waals surface area contributed by atoms with Crippen molar-refractivity contribution in [3.63, 3.8) is 0 Å². The minimum Gasteiger partial charge on any atom is -0.316 e. The molecule has 2 heteroatoms. The van der Waals surface area contributed by atoms with Crippen LogP contribution in [0.2, 0.25) is 0 Å². The molecule has 1 unspecified atom stereocenters. The van der Waals surface area contributed by atoms with Crippen LogP contribution in [0.4, 0.5) is 0 Å². The fourth-order valence-corrected chi connectivity index (χ4v) is 2.66. The molecule has 0 aromatic rings. The van der Waals surface area contributed by atoms with Gasteiger partial charge in [-0.25, -0.2) is 0 Å². The molecule has 0 aromatic heterocycles. The van der Waals surface area contributed by atoms with Gasteiger partial charge in [0.2, 0.25) is 0 Å². The monoisotopic (exact) mass is 196 g/mol. The van der Waals surface area contributed by atoms with E-state index in [1.54, 1.807) is 0 Å². The molecule has 82 valence electrons. The molecule has 2 rings (SSSR count). The Morgan fingerprint density at radius 1 is 1.14 bits per heavy atom. The summed E-state index contributed by atoms with van der Waals surface area (Å²) in [6.07, 6.45) is 5.73. The molecule has 0 saturated carbocycles. The third-order valence-corrected chi connectivity index (χ3v) is 3.90. The van der Waals surface area contributed by atoms with Gasteiger partial charge in [-0.1, -0.05) is 13.3 Å². The highest BCUT2D eigenvalue weighted by molar-refractivity contribution is 4.79. The lowest BCUT2D eigenvalue weighted by Gasteiger charge is -2.32. The van der Waals surface area contributed by atoms with Crippen molar-refractivity contribution < 1.29 is 0 Å². The first kappa shape index (κ1) is 10.4. The molecular formula is C12H24N2. The molecule has 0 aromatic carbocycles. The number of hydrogen-bond donors (Lipinski definition) is 1. The van der Waals surface area contributed by atoms with Gasteiger partial charge in [-0.3, -0.25) is 0 Å². The van der Waals surface area contributed by atoms with Gasteiger partial charge in [0.25, 0.3) is 0 Å². The Labute approximate surface area is 88.1 Å². The van der Waals surface area contributed by atoms with Gasteiger partial charge in [0.15, 0.2) is 0 Å². The van der Waals surface area contributed by atoms with Crippen LogP contribution in [0.1, 0.15) is 32.6 Å². The normalized spacial score (nSPS) is 31.1. The highest BCUT2D eigenvalue weighted by atomic mass is 15.1. The zero-order valence-electron chi connectivity index (χ0n) is 9.47. The van der Waals surface area contributed by atoms with Crippen molar-refractivity contribution in [2.45, 2.75) is 32.6 Å². The molecular weight excluding hydrogens is 172 g/mol. The van der Waals surface area contributed by atoms with Crippen molar-refractivity contribution in [2.75, 3.05) is 32.7 Å². The third-order valence-electron chi connectivity index (χ3n) is 3.90. The van der Waals surface area contributed by atoms with Crippen LogP contribution < -0.4 is 5.32 Å². The van der Waals surface area contributed by atoms with Gasteiger partial charge in [-0.2, -0.15) is 0 Å². The average Bonchev–Trinajstić information content (AvgIpc) is 2.36. The summed E-state index contributed by atoms with van der Waals surface area (Å²) in [5.41, 5.74) is 0. The van der Waals surface area contributed by atoms with Crippen molar-refractivity contribution in [3.05, 3.63) is 0 Å². The van der Waals surface area contributed by atoms with Crippen molar-refractivity contribution in [2.24, 2.45) is 11.8 Å². The number of likely N-dealkylation sites (tertiary alicyclic amines) is 1. The quantitative estimate of drug-likeness (QED) is 0.739. The molecule has 0 bridgehead atoms. The largest absolute Gasteiger partial charge is 0.316 e. The van der Waals surface area contributed by atoms with E-state index in [2.05, 4.69) is 17.1 Å². The third kappa shape index (κ3) is 2.71. The number of rotatable bonds is 3. The van der Waals surface area contributed by atoms with E-state index in [-0.39, 0.29) is 0 Å². The number of nitrogens with one attached hydrogen (secondary N) is 1. The standard InChI is InChI=1S/C12H24N2/c1-2-11-4-3-6-14(7-5-11)10-12-8-13-9-12/h11-13H,2-10H2,1H3. The van der Waals surface area contributed by atoms with Crippen molar-refractivity contribution in [3.8, 4) is 0 Å². The molecule has 2 saturated heterocycles. The summed E-state index contributed by atoms with van der Waals surface area (Å²) in [5.74, 6) is 1.97. The number of nitrogens with zero attached hydrogens (tertiary/aromatic N) is 1. The summed E-state index contributed by atoms with van der Waals surface area (Å²) >= 11 is 0. The lowest BCUT2D eigenvalue weighted by atomic mass is 9.98. The Balaban J connectivity index is 1.71. The van der Waals surface area contributed by atoms with Crippen LogP contribution in [0.3, 0.4) is 0 Å². The van der Waals surface area contributed by atoms with E-state index in [1.807, 2.05) is 0 Å². The van der Waals surface area contributed by atoms with Crippen LogP contribution in [0.5, 0.6) is 0 Å². The summed E-state index contributed by atoms with van der Waals surface area (Å²) in [5, 5.41) is 3.36. The molecule has 1 atom stereocenters. The SMILES string of the molecule is CCC1CCCN(CC2CNC2)CC1. The smallest absolute Gasteiger partial charge is 0.00340 e. The van der Waals surface area contributed by atoms with Gasteiger partial charge < -0.3 is 10.2 Å². The van der Waals surface area contributed by atoms with E-state index in [0.717, 1.165) is 11.8 Å². The Hall–Kier alpha value is -0.0800. The fourth-order valence-electron chi connectivity index (χ4n) is 2.66. The Morgan fingerprint density at radius 3 is 2.64 bits per heavy atom. The highest BCUT2D eigenvalue weighted by Gasteiger charge is 2.22. The predicted molar refractivity (Wildman–Crippen MR) is 60.4 cm³/mol. The second-order valence-corrected chi connectivity index (χ2v) is 5.03. The first-order valence-electron chi connectivity index (χ1n) is 6.31. The summed E-state index contributed by atoms with van der Waals surface area (Å²) in [6.45, 7) is 8.92. The second kappa shape index (κ2) is 5.13. The van der Waals surface area contributed by atoms with Crippen LogP contribution in [-0.2, 0) is 0 Å². The van der Waals surface area contributed by atoms with Crippen LogP contribution in [0, 0.1) is 11.8 Å². The maximum absolute atomic E-state index is 3.36. The molecule has 2 fully saturated rings. The van der Waals surface area contributed by atoms with Gasteiger partial charge >= 0.3 is 0 Å². The highest BCUT2D eigenvalue weighted by Crippen LogP contribution is 2.21.